The summed E-state index contributed by atoms with van der Waals surface area (Å²) in [7, 11) is 3.51. The number of hydrogen-bond donors (Lipinski definition) is 2. The van der Waals surface area contributed by atoms with E-state index >= 15 is 0 Å². The molecule has 0 heterocycles. The molecule has 0 aliphatic rings. The molecule has 0 aromatic rings. The van der Waals surface area contributed by atoms with Crippen molar-refractivity contribution >= 4 is 11.8 Å². The number of nitrogens with one attached hydrogen (secondary N) is 1. The summed E-state index contributed by atoms with van der Waals surface area (Å²) in [5.41, 5.74) is 5.39. The smallest absolute Gasteiger partial charge is 0.236 e. The summed E-state index contributed by atoms with van der Waals surface area (Å²) in [6.45, 7) is 5.51. The zero-order valence-electron chi connectivity index (χ0n) is 11.9. The maximum Gasteiger partial charge on any atom is 0.236 e. The number of nitrogens with two attached hydrogens (primary N) is 1. The maximum atomic E-state index is 11.8. The molecule has 6 heteroatoms. The summed E-state index contributed by atoms with van der Waals surface area (Å²) in [6.07, 6.45) is 0.791. The van der Waals surface area contributed by atoms with E-state index in [9.17, 15) is 9.59 Å². The second-order valence-corrected chi connectivity index (χ2v) is 4.85. The lowest BCUT2D eigenvalue weighted by atomic mass is 10.3. The van der Waals surface area contributed by atoms with E-state index in [1.165, 1.54) is 0 Å². The van der Waals surface area contributed by atoms with Gasteiger partial charge in [0.2, 0.25) is 11.8 Å². The number of rotatable bonds is 8. The first kappa shape index (κ1) is 16.9. The molecule has 0 aliphatic heterocycles. The van der Waals surface area contributed by atoms with Crippen molar-refractivity contribution in [2.45, 2.75) is 26.3 Å². The van der Waals surface area contributed by atoms with Gasteiger partial charge in [-0.1, -0.05) is 0 Å². The lowest BCUT2D eigenvalue weighted by molar-refractivity contribution is -0.131. The van der Waals surface area contributed by atoms with E-state index in [1.54, 1.807) is 23.9 Å². The third kappa shape index (κ3) is 8.03. The number of likely N-dealkylation sites (N-methyl/N-ethyl adjacent to an activating group) is 2. The first-order valence-corrected chi connectivity index (χ1v) is 6.28. The third-order valence-electron chi connectivity index (χ3n) is 2.39. The van der Waals surface area contributed by atoms with Crippen molar-refractivity contribution in [3.8, 4) is 0 Å². The third-order valence-corrected chi connectivity index (χ3v) is 2.39. The SMILES string of the molecule is CC(C)NC(=O)CN(C)CC(=O)N(C)CCCN. The standard InChI is InChI=1S/C12H26N4O2/c1-10(2)14-11(17)8-15(3)9-12(18)16(4)7-5-6-13/h10H,5-9,13H2,1-4H3,(H,14,17). The average Bonchev–Trinajstić information content (AvgIpc) is 2.23. The van der Waals surface area contributed by atoms with Gasteiger partial charge in [0.15, 0.2) is 0 Å². The predicted octanol–water partition coefficient (Wildman–Crippen LogP) is -0.750. The fourth-order valence-corrected chi connectivity index (χ4v) is 1.47. The molecule has 0 spiro atoms. The molecule has 0 saturated carbocycles. The molecule has 2 amide bonds. The van der Waals surface area contributed by atoms with Crippen molar-refractivity contribution in [1.29, 1.82) is 0 Å². The highest BCUT2D eigenvalue weighted by atomic mass is 16.2. The summed E-state index contributed by atoms with van der Waals surface area (Å²) in [5, 5.41) is 2.79. The minimum atomic E-state index is -0.0649. The van der Waals surface area contributed by atoms with Gasteiger partial charge in [0, 0.05) is 19.6 Å². The van der Waals surface area contributed by atoms with E-state index in [0.717, 1.165) is 6.42 Å². The van der Waals surface area contributed by atoms with Gasteiger partial charge in [-0.3, -0.25) is 14.5 Å². The molecule has 0 aromatic carbocycles. The Morgan fingerprint density at radius 3 is 2.33 bits per heavy atom. The molecular formula is C12H26N4O2. The molecule has 0 atom stereocenters. The zero-order chi connectivity index (χ0) is 14.1. The molecule has 18 heavy (non-hydrogen) atoms. The van der Waals surface area contributed by atoms with Crippen LogP contribution in [0.4, 0.5) is 0 Å². The monoisotopic (exact) mass is 258 g/mol. The van der Waals surface area contributed by atoms with Gasteiger partial charge in [0.25, 0.3) is 0 Å². The highest BCUT2D eigenvalue weighted by Crippen LogP contribution is 1.91. The van der Waals surface area contributed by atoms with Gasteiger partial charge in [-0.25, -0.2) is 0 Å². The van der Waals surface area contributed by atoms with E-state index in [-0.39, 0.29) is 30.9 Å². The Morgan fingerprint density at radius 1 is 1.22 bits per heavy atom. The number of hydrogen-bond acceptors (Lipinski definition) is 4. The first-order valence-electron chi connectivity index (χ1n) is 6.28. The number of carbonyl (C=O) groups excluding carboxylic acids is 2. The van der Waals surface area contributed by atoms with Crippen LogP contribution in [0, 0.1) is 0 Å². The molecule has 0 fully saturated rings. The second kappa shape index (κ2) is 8.88. The summed E-state index contributed by atoms with van der Waals surface area (Å²) in [5.74, 6) is -0.0618. The Hall–Kier alpha value is -1.14. The Balaban J connectivity index is 3.96. The van der Waals surface area contributed by atoms with Gasteiger partial charge < -0.3 is 16.0 Å². The van der Waals surface area contributed by atoms with E-state index in [1.807, 2.05) is 13.8 Å². The lowest BCUT2D eigenvalue weighted by Crippen LogP contribution is -2.43. The van der Waals surface area contributed by atoms with Gasteiger partial charge in [-0.2, -0.15) is 0 Å². The Bertz CT molecular complexity index is 269. The van der Waals surface area contributed by atoms with Gasteiger partial charge in [0.05, 0.1) is 13.1 Å². The maximum absolute atomic E-state index is 11.8. The Morgan fingerprint density at radius 2 is 1.83 bits per heavy atom. The summed E-state index contributed by atoms with van der Waals surface area (Å²) >= 11 is 0. The number of amides is 2. The normalized spacial score (nSPS) is 10.8. The van der Waals surface area contributed by atoms with Gasteiger partial charge in [-0.05, 0) is 33.9 Å². The number of nitrogens with zero attached hydrogens (tertiary/aromatic N) is 2. The van der Waals surface area contributed by atoms with Crippen LogP contribution in [0.3, 0.4) is 0 Å². The van der Waals surface area contributed by atoms with Gasteiger partial charge >= 0.3 is 0 Å². The van der Waals surface area contributed by atoms with Crippen LogP contribution in [-0.2, 0) is 9.59 Å². The van der Waals surface area contributed by atoms with Crippen LogP contribution in [0.5, 0.6) is 0 Å². The topological polar surface area (TPSA) is 78.7 Å². The van der Waals surface area contributed by atoms with E-state index in [0.29, 0.717) is 13.1 Å². The Labute approximate surface area is 109 Å². The minimum absolute atomic E-state index is 0.00305. The van der Waals surface area contributed by atoms with E-state index in [2.05, 4.69) is 5.32 Å². The van der Waals surface area contributed by atoms with Crippen LogP contribution in [0.1, 0.15) is 20.3 Å². The summed E-state index contributed by atoms with van der Waals surface area (Å²) in [4.78, 5) is 26.6. The molecular weight excluding hydrogens is 232 g/mol. The van der Waals surface area contributed by atoms with Gasteiger partial charge in [0.1, 0.15) is 0 Å². The molecule has 0 bridgehead atoms. The number of carbonyl (C=O) groups is 2. The van der Waals surface area contributed by atoms with Crippen LogP contribution < -0.4 is 11.1 Å². The predicted molar refractivity (Wildman–Crippen MR) is 72.1 cm³/mol. The van der Waals surface area contributed by atoms with Crippen molar-refractivity contribution in [2.24, 2.45) is 5.73 Å². The molecule has 0 aromatic heterocycles. The van der Waals surface area contributed by atoms with E-state index in [4.69, 9.17) is 5.73 Å². The van der Waals surface area contributed by atoms with E-state index < -0.39 is 0 Å². The van der Waals surface area contributed by atoms with Crippen LogP contribution in [0.15, 0.2) is 0 Å². The van der Waals surface area contributed by atoms with Crippen LogP contribution in [0.2, 0.25) is 0 Å². The molecule has 3 N–H and O–H groups in total. The molecule has 0 radical (unpaired) electrons. The first-order chi connectivity index (χ1) is 8.36. The quantitative estimate of drug-likeness (QED) is 0.600. The largest absolute Gasteiger partial charge is 0.353 e. The van der Waals surface area contributed by atoms with Crippen molar-refractivity contribution < 1.29 is 9.59 Å². The molecule has 106 valence electrons. The highest BCUT2D eigenvalue weighted by Gasteiger charge is 2.13. The summed E-state index contributed by atoms with van der Waals surface area (Å²) < 4.78 is 0. The molecule has 0 rings (SSSR count). The lowest BCUT2D eigenvalue weighted by Gasteiger charge is -2.21. The van der Waals surface area contributed by atoms with Gasteiger partial charge in [-0.15, -0.1) is 0 Å². The van der Waals surface area contributed by atoms with Crippen molar-refractivity contribution in [3.05, 3.63) is 0 Å². The molecule has 0 saturated heterocycles. The van der Waals surface area contributed by atoms with Crippen LogP contribution >= 0.6 is 0 Å². The molecule has 0 unspecified atom stereocenters. The highest BCUT2D eigenvalue weighted by molar-refractivity contribution is 5.81. The molecule has 6 nitrogen and oxygen atoms in total. The van der Waals surface area contributed by atoms with Crippen molar-refractivity contribution in [3.63, 3.8) is 0 Å². The van der Waals surface area contributed by atoms with Crippen LogP contribution in [-0.4, -0.2) is 67.9 Å². The zero-order valence-corrected chi connectivity index (χ0v) is 11.9. The van der Waals surface area contributed by atoms with Crippen molar-refractivity contribution in [1.82, 2.24) is 15.1 Å². The second-order valence-electron chi connectivity index (χ2n) is 4.85. The van der Waals surface area contributed by atoms with Crippen molar-refractivity contribution in [2.75, 3.05) is 40.3 Å². The minimum Gasteiger partial charge on any atom is -0.353 e. The summed E-state index contributed by atoms with van der Waals surface area (Å²) in [6, 6.07) is 0.119. The fourth-order valence-electron chi connectivity index (χ4n) is 1.47. The Kier molecular flexibility index (Phi) is 8.32. The molecule has 0 aliphatic carbocycles. The average molecular weight is 258 g/mol. The van der Waals surface area contributed by atoms with Crippen LogP contribution in [0.25, 0.3) is 0 Å². The fraction of sp³-hybridized carbons (Fsp3) is 0.833.